The van der Waals surface area contributed by atoms with Crippen LogP contribution in [0, 0.1) is 5.92 Å². The first kappa shape index (κ1) is 15.7. The molecule has 0 bridgehead atoms. The van der Waals surface area contributed by atoms with E-state index in [1.165, 1.54) is 58.3 Å². The number of piperidine rings is 1. The summed E-state index contributed by atoms with van der Waals surface area (Å²) in [7, 11) is 0. The van der Waals surface area contributed by atoms with Crippen LogP contribution in [0.2, 0.25) is 0 Å². The van der Waals surface area contributed by atoms with Gasteiger partial charge in [-0.3, -0.25) is 0 Å². The first-order valence-electron chi connectivity index (χ1n) is 8.98. The van der Waals surface area contributed by atoms with Crippen LogP contribution in [0.1, 0.15) is 45.4 Å². The van der Waals surface area contributed by atoms with E-state index in [-0.39, 0.29) is 5.60 Å². The minimum absolute atomic E-state index is 0.0580. The Morgan fingerprint density at radius 1 is 1.19 bits per heavy atom. The van der Waals surface area contributed by atoms with Gasteiger partial charge in [0.2, 0.25) is 0 Å². The average molecular weight is 296 g/mol. The molecule has 4 nitrogen and oxygen atoms in total. The van der Waals surface area contributed by atoms with Gasteiger partial charge in [-0.15, -0.1) is 0 Å². The summed E-state index contributed by atoms with van der Waals surface area (Å²) in [5.74, 6) is 0.886. The Morgan fingerprint density at radius 2 is 2.05 bits per heavy atom. The zero-order valence-electron chi connectivity index (χ0n) is 13.6. The minimum Gasteiger partial charge on any atom is -0.378 e. The van der Waals surface area contributed by atoms with E-state index < -0.39 is 0 Å². The van der Waals surface area contributed by atoms with E-state index in [1.54, 1.807) is 0 Å². The van der Waals surface area contributed by atoms with Gasteiger partial charge in [0.15, 0.2) is 0 Å². The van der Waals surface area contributed by atoms with Crippen LogP contribution in [0.4, 0.5) is 0 Å². The van der Waals surface area contributed by atoms with E-state index in [9.17, 15) is 0 Å². The highest BCUT2D eigenvalue weighted by Crippen LogP contribution is 2.35. The van der Waals surface area contributed by atoms with Crippen LogP contribution in [-0.2, 0) is 9.47 Å². The third-order valence-electron chi connectivity index (χ3n) is 5.56. The van der Waals surface area contributed by atoms with Gasteiger partial charge in [-0.1, -0.05) is 6.92 Å². The van der Waals surface area contributed by atoms with Gasteiger partial charge in [-0.25, -0.2) is 0 Å². The lowest BCUT2D eigenvalue weighted by atomic mass is 9.87. The van der Waals surface area contributed by atoms with E-state index in [0.29, 0.717) is 0 Å². The number of rotatable bonds is 5. The van der Waals surface area contributed by atoms with Crippen LogP contribution in [0.3, 0.4) is 0 Å². The van der Waals surface area contributed by atoms with Gasteiger partial charge in [-0.05, 0) is 64.2 Å². The van der Waals surface area contributed by atoms with Gasteiger partial charge in [0.25, 0.3) is 0 Å². The monoisotopic (exact) mass is 296 g/mol. The van der Waals surface area contributed by atoms with Crippen LogP contribution in [0.15, 0.2) is 0 Å². The third-order valence-corrected chi connectivity index (χ3v) is 5.56. The van der Waals surface area contributed by atoms with Gasteiger partial charge >= 0.3 is 0 Å². The average Bonchev–Trinajstić information content (AvgIpc) is 2.96. The summed E-state index contributed by atoms with van der Waals surface area (Å²) in [5, 5.41) is 3.58. The molecule has 3 aliphatic rings. The molecule has 3 heterocycles. The zero-order valence-corrected chi connectivity index (χ0v) is 13.6. The highest BCUT2D eigenvalue weighted by atomic mass is 16.6. The lowest BCUT2D eigenvalue weighted by Crippen LogP contribution is -2.51. The molecule has 0 saturated carbocycles. The number of hydrogen-bond donors (Lipinski definition) is 1. The molecule has 122 valence electrons. The van der Waals surface area contributed by atoms with E-state index in [4.69, 9.17) is 9.47 Å². The molecule has 0 radical (unpaired) electrons. The van der Waals surface area contributed by atoms with E-state index in [2.05, 4.69) is 17.1 Å². The SMILES string of the molecule is CCCNCC1CCN(C2CCOC3(CCOC3)C2)CC1. The Bertz CT molecular complexity index is 310. The van der Waals surface area contributed by atoms with Gasteiger partial charge in [-0.2, -0.15) is 0 Å². The molecule has 3 fully saturated rings. The lowest BCUT2D eigenvalue weighted by molar-refractivity contribution is -0.109. The fourth-order valence-electron chi connectivity index (χ4n) is 4.18. The Labute approximate surface area is 129 Å². The molecule has 1 spiro atoms. The molecule has 0 aromatic rings. The van der Waals surface area contributed by atoms with Gasteiger partial charge in [0, 0.05) is 25.7 Å². The standard InChI is InChI=1S/C17H32N2O2/c1-2-7-18-13-15-3-8-19(9-4-15)16-5-10-21-17(12-16)6-11-20-14-17/h15-16,18H,2-14H2,1H3. The summed E-state index contributed by atoms with van der Waals surface area (Å²) in [6.45, 7) is 9.81. The summed E-state index contributed by atoms with van der Waals surface area (Å²) in [6, 6.07) is 0.727. The molecule has 3 rings (SSSR count). The van der Waals surface area contributed by atoms with Crippen molar-refractivity contribution in [3.8, 4) is 0 Å². The van der Waals surface area contributed by atoms with E-state index >= 15 is 0 Å². The van der Waals surface area contributed by atoms with Crippen molar-refractivity contribution in [2.75, 3.05) is 46.0 Å². The predicted octanol–water partition coefficient (Wildman–Crippen LogP) is 2.04. The molecule has 4 heteroatoms. The Morgan fingerprint density at radius 3 is 2.76 bits per heavy atom. The second-order valence-corrected chi connectivity index (χ2v) is 7.16. The molecule has 1 N–H and O–H groups in total. The number of nitrogens with zero attached hydrogens (tertiary/aromatic N) is 1. The number of hydrogen-bond acceptors (Lipinski definition) is 4. The maximum absolute atomic E-state index is 6.07. The van der Waals surface area contributed by atoms with Crippen molar-refractivity contribution >= 4 is 0 Å². The highest BCUT2D eigenvalue weighted by molar-refractivity contribution is 4.94. The van der Waals surface area contributed by atoms with E-state index in [1.807, 2.05) is 0 Å². The highest BCUT2D eigenvalue weighted by Gasteiger charge is 2.42. The van der Waals surface area contributed by atoms with Crippen molar-refractivity contribution in [3.63, 3.8) is 0 Å². The topological polar surface area (TPSA) is 33.7 Å². The molecular weight excluding hydrogens is 264 g/mol. The molecule has 3 aliphatic heterocycles. The summed E-state index contributed by atoms with van der Waals surface area (Å²) in [6.07, 6.45) is 7.45. The smallest absolute Gasteiger partial charge is 0.0951 e. The second-order valence-electron chi connectivity index (χ2n) is 7.16. The molecule has 0 aromatic carbocycles. The van der Waals surface area contributed by atoms with Crippen LogP contribution in [0.25, 0.3) is 0 Å². The Kier molecular flexibility index (Phi) is 5.54. The summed E-state index contributed by atoms with van der Waals surface area (Å²) < 4.78 is 11.7. The third kappa shape index (κ3) is 3.98. The molecule has 0 amide bonds. The van der Waals surface area contributed by atoms with E-state index in [0.717, 1.165) is 38.2 Å². The van der Waals surface area contributed by atoms with Crippen molar-refractivity contribution < 1.29 is 9.47 Å². The van der Waals surface area contributed by atoms with Crippen LogP contribution in [0.5, 0.6) is 0 Å². The fraction of sp³-hybridized carbons (Fsp3) is 1.00. The normalized spacial score (nSPS) is 35.6. The second kappa shape index (κ2) is 7.40. The van der Waals surface area contributed by atoms with Crippen molar-refractivity contribution in [1.29, 1.82) is 0 Å². The summed E-state index contributed by atoms with van der Waals surface area (Å²) in [4.78, 5) is 2.74. The number of likely N-dealkylation sites (tertiary alicyclic amines) is 1. The maximum atomic E-state index is 6.07. The summed E-state index contributed by atoms with van der Waals surface area (Å²) in [5.41, 5.74) is 0.0580. The maximum Gasteiger partial charge on any atom is 0.0951 e. The van der Waals surface area contributed by atoms with Crippen molar-refractivity contribution in [3.05, 3.63) is 0 Å². The van der Waals surface area contributed by atoms with Crippen molar-refractivity contribution in [2.24, 2.45) is 5.92 Å². The Hall–Kier alpha value is -0.160. The lowest BCUT2D eigenvalue weighted by Gasteiger charge is -2.44. The molecular formula is C17H32N2O2. The number of ether oxygens (including phenoxy) is 2. The number of nitrogens with one attached hydrogen (secondary N) is 1. The zero-order chi connectivity index (χ0) is 14.5. The molecule has 3 saturated heterocycles. The van der Waals surface area contributed by atoms with Crippen molar-refractivity contribution in [2.45, 2.75) is 57.1 Å². The molecule has 0 aromatic heterocycles. The van der Waals surface area contributed by atoms with Gasteiger partial charge in [0.05, 0.1) is 12.2 Å². The Balaban J connectivity index is 1.43. The van der Waals surface area contributed by atoms with Gasteiger partial charge in [0.1, 0.15) is 0 Å². The van der Waals surface area contributed by atoms with Crippen LogP contribution in [-0.4, -0.2) is 62.5 Å². The fourth-order valence-corrected chi connectivity index (χ4v) is 4.18. The van der Waals surface area contributed by atoms with Crippen molar-refractivity contribution in [1.82, 2.24) is 10.2 Å². The quantitative estimate of drug-likeness (QED) is 0.787. The summed E-state index contributed by atoms with van der Waals surface area (Å²) >= 11 is 0. The van der Waals surface area contributed by atoms with Crippen LogP contribution >= 0.6 is 0 Å². The minimum atomic E-state index is 0.0580. The predicted molar refractivity (Wildman–Crippen MR) is 84.6 cm³/mol. The van der Waals surface area contributed by atoms with Crippen LogP contribution < -0.4 is 5.32 Å². The first-order chi connectivity index (χ1) is 10.3. The van der Waals surface area contributed by atoms with Gasteiger partial charge < -0.3 is 19.7 Å². The largest absolute Gasteiger partial charge is 0.378 e. The molecule has 0 aliphatic carbocycles. The molecule has 2 unspecified atom stereocenters. The molecule has 2 atom stereocenters. The first-order valence-corrected chi connectivity index (χ1v) is 8.98. The molecule has 21 heavy (non-hydrogen) atoms.